The molecule has 0 spiro atoms. The molecule has 1 aromatic carbocycles. The van der Waals surface area contributed by atoms with Gasteiger partial charge in [0.05, 0.1) is 12.2 Å². The summed E-state index contributed by atoms with van der Waals surface area (Å²) >= 11 is 0. The first kappa shape index (κ1) is 23.4. The van der Waals surface area contributed by atoms with Crippen LogP contribution in [0.15, 0.2) is 54.6 Å². The van der Waals surface area contributed by atoms with Crippen molar-refractivity contribution in [1.29, 1.82) is 0 Å². The second-order valence-electron chi connectivity index (χ2n) is 8.00. The van der Waals surface area contributed by atoms with E-state index < -0.39 is 6.10 Å². The summed E-state index contributed by atoms with van der Waals surface area (Å²) in [4.78, 5) is 11.4. The molecule has 4 heteroatoms. The Kier molecular flexibility index (Phi) is 10.7. The molecule has 1 unspecified atom stereocenters. The Morgan fingerprint density at radius 3 is 2.79 bits per heavy atom. The number of benzene rings is 1. The van der Waals surface area contributed by atoms with E-state index in [1.807, 2.05) is 31.2 Å². The lowest BCUT2D eigenvalue weighted by Gasteiger charge is -2.18. The molecule has 1 amide bonds. The number of aliphatic hydroxyl groups excluding tert-OH is 2. The van der Waals surface area contributed by atoms with E-state index in [0.29, 0.717) is 25.3 Å². The molecule has 0 aliphatic heterocycles. The fourth-order valence-corrected chi connectivity index (χ4v) is 4.01. The molecule has 2 rings (SSSR count). The molecule has 0 heterocycles. The predicted molar refractivity (Wildman–Crippen MR) is 118 cm³/mol. The number of aliphatic hydroxyl groups is 2. The van der Waals surface area contributed by atoms with Crippen LogP contribution in [0.1, 0.15) is 57.4 Å². The number of unbranched alkanes of at least 4 members (excludes halogenated alkanes) is 1. The van der Waals surface area contributed by atoms with Gasteiger partial charge in [-0.2, -0.15) is 0 Å². The van der Waals surface area contributed by atoms with E-state index in [1.165, 1.54) is 5.56 Å². The molecule has 29 heavy (non-hydrogen) atoms. The first-order valence-electron chi connectivity index (χ1n) is 11.1. The summed E-state index contributed by atoms with van der Waals surface area (Å²) in [5.41, 5.74) is 1.24. The molecule has 1 aromatic rings. The van der Waals surface area contributed by atoms with Gasteiger partial charge in [0.25, 0.3) is 0 Å². The molecule has 0 bridgehead atoms. The van der Waals surface area contributed by atoms with E-state index in [4.69, 9.17) is 0 Å². The van der Waals surface area contributed by atoms with Gasteiger partial charge in [0.2, 0.25) is 5.91 Å². The highest BCUT2D eigenvalue weighted by Crippen LogP contribution is 2.36. The van der Waals surface area contributed by atoms with Gasteiger partial charge in [0.1, 0.15) is 0 Å². The number of carbonyl (C=O) groups is 1. The highest BCUT2D eigenvalue weighted by Gasteiger charge is 2.32. The number of rotatable bonds is 12. The number of amides is 1. The Balaban J connectivity index is 1.71. The van der Waals surface area contributed by atoms with Gasteiger partial charge < -0.3 is 15.5 Å². The summed E-state index contributed by atoms with van der Waals surface area (Å²) in [5, 5.41) is 23.4. The third-order valence-corrected chi connectivity index (χ3v) is 5.72. The summed E-state index contributed by atoms with van der Waals surface area (Å²) in [7, 11) is 0. The molecule has 0 aromatic heterocycles. The zero-order valence-electron chi connectivity index (χ0n) is 17.7. The van der Waals surface area contributed by atoms with Crippen LogP contribution in [0.5, 0.6) is 0 Å². The lowest BCUT2D eigenvalue weighted by molar-refractivity contribution is -0.121. The highest BCUT2D eigenvalue weighted by molar-refractivity contribution is 5.75. The topological polar surface area (TPSA) is 69.6 Å². The lowest BCUT2D eigenvalue weighted by atomic mass is 9.90. The van der Waals surface area contributed by atoms with Crippen molar-refractivity contribution in [2.24, 2.45) is 11.8 Å². The Labute approximate surface area is 175 Å². The largest absolute Gasteiger partial charge is 0.393 e. The van der Waals surface area contributed by atoms with Gasteiger partial charge in [-0.05, 0) is 69.3 Å². The third kappa shape index (κ3) is 8.97. The fraction of sp³-hybridized carbons (Fsp3) is 0.560. The SMILES string of the molecule is CCNC(=O)CCCC=CC[C@H]1C(O)CC[C@@H]1C=C[C@@H](O)CCc1ccccc1. The van der Waals surface area contributed by atoms with E-state index in [1.54, 1.807) is 0 Å². The van der Waals surface area contributed by atoms with Crippen LogP contribution >= 0.6 is 0 Å². The number of hydrogen-bond donors (Lipinski definition) is 3. The van der Waals surface area contributed by atoms with Crippen LogP contribution in [0.2, 0.25) is 0 Å². The number of carbonyl (C=O) groups excluding carboxylic acids is 1. The van der Waals surface area contributed by atoms with Crippen molar-refractivity contribution in [3.63, 3.8) is 0 Å². The van der Waals surface area contributed by atoms with Gasteiger partial charge in [0, 0.05) is 13.0 Å². The first-order chi connectivity index (χ1) is 14.1. The van der Waals surface area contributed by atoms with Crippen LogP contribution in [-0.4, -0.2) is 34.9 Å². The maximum Gasteiger partial charge on any atom is 0.219 e. The smallest absolute Gasteiger partial charge is 0.219 e. The summed E-state index contributed by atoms with van der Waals surface area (Å²) in [6, 6.07) is 10.2. The Bertz CT molecular complexity index is 641. The van der Waals surface area contributed by atoms with Gasteiger partial charge in [-0.3, -0.25) is 4.79 Å². The minimum atomic E-state index is -0.446. The zero-order chi connectivity index (χ0) is 20.9. The monoisotopic (exact) mass is 399 g/mol. The summed E-state index contributed by atoms with van der Waals surface area (Å²) < 4.78 is 0. The quantitative estimate of drug-likeness (QED) is 0.365. The summed E-state index contributed by atoms with van der Waals surface area (Å²) in [5.74, 6) is 0.645. The number of hydrogen-bond acceptors (Lipinski definition) is 3. The van der Waals surface area contributed by atoms with Crippen molar-refractivity contribution in [3.8, 4) is 0 Å². The van der Waals surface area contributed by atoms with Gasteiger partial charge in [-0.25, -0.2) is 0 Å². The van der Waals surface area contributed by atoms with E-state index in [-0.39, 0.29) is 17.9 Å². The fourth-order valence-electron chi connectivity index (χ4n) is 4.01. The molecule has 4 atom stereocenters. The van der Waals surface area contributed by atoms with Crippen LogP contribution in [0.3, 0.4) is 0 Å². The number of allylic oxidation sites excluding steroid dienone is 3. The lowest BCUT2D eigenvalue weighted by Crippen LogP contribution is -2.21. The van der Waals surface area contributed by atoms with Crippen molar-refractivity contribution < 1.29 is 15.0 Å². The molecule has 4 nitrogen and oxygen atoms in total. The van der Waals surface area contributed by atoms with Gasteiger partial charge in [-0.1, -0.05) is 54.6 Å². The molecule has 160 valence electrons. The summed E-state index contributed by atoms with van der Waals surface area (Å²) in [6.45, 7) is 2.61. The Morgan fingerprint density at radius 1 is 1.24 bits per heavy atom. The molecule has 3 N–H and O–H groups in total. The second kappa shape index (κ2) is 13.3. The minimum absolute atomic E-state index is 0.114. The molecule has 1 fully saturated rings. The first-order valence-corrected chi connectivity index (χ1v) is 11.1. The van der Waals surface area contributed by atoms with Crippen molar-refractivity contribution in [1.82, 2.24) is 5.32 Å². The Hall–Kier alpha value is -1.91. The van der Waals surface area contributed by atoms with E-state index in [9.17, 15) is 15.0 Å². The normalized spacial score (nSPS) is 23.1. The number of nitrogens with one attached hydrogen (secondary N) is 1. The molecular weight excluding hydrogens is 362 g/mol. The molecule has 1 aliphatic carbocycles. The van der Waals surface area contributed by atoms with Crippen LogP contribution in [0.25, 0.3) is 0 Å². The number of aryl methyl sites for hydroxylation is 1. The van der Waals surface area contributed by atoms with Gasteiger partial charge in [0.15, 0.2) is 0 Å². The molecule has 0 radical (unpaired) electrons. The zero-order valence-corrected chi connectivity index (χ0v) is 17.7. The highest BCUT2D eigenvalue weighted by atomic mass is 16.3. The van der Waals surface area contributed by atoms with Crippen LogP contribution in [0.4, 0.5) is 0 Å². The molecule has 1 aliphatic rings. The van der Waals surface area contributed by atoms with Crippen molar-refractivity contribution in [3.05, 3.63) is 60.2 Å². The second-order valence-corrected chi connectivity index (χ2v) is 8.00. The van der Waals surface area contributed by atoms with E-state index >= 15 is 0 Å². The predicted octanol–water partition coefficient (Wildman–Crippen LogP) is 4.18. The molecule has 1 saturated carbocycles. The van der Waals surface area contributed by atoms with Crippen molar-refractivity contribution >= 4 is 5.91 Å². The molecular formula is C25H37NO3. The Morgan fingerprint density at radius 2 is 2.03 bits per heavy atom. The standard InChI is InChI=1S/C25H37NO3/c1-2-26-25(29)13-9-4-3-8-12-23-21(16-19-24(23)28)15-18-22(27)17-14-20-10-6-5-7-11-20/h3,5-8,10-11,15,18,21-24,27-28H,2,4,9,12-14,16-17,19H2,1H3,(H,26,29)/t21-,22-,23+,24?/m0/s1. The van der Waals surface area contributed by atoms with Crippen molar-refractivity contribution in [2.75, 3.05) is 6.54 Å². The van der Waals surface area contributed by atoms with Gasteiger partial charge in [-0.15, -0.1) is 0 Å². The van der Waals surface area contributed by atoms with Gasteiger partial charge >= 0.3 is 0 Å². The van der Waals surface area contributed by atoms with E-state index in [0.717, 1.165) is 38.5 Å². The summed E-state index contributed by atoms with van der Waals surface area (Å²) in [6.07, 6.45) is 14.1. The van der Waals surface area contributed by atoms with Crippen LogP contribution in [-0.2, 0) is 11.2 Å². The third-order valence-electron chi connectivity index (χ3n) is 5.72. The average molecular weight is 400 g/mol. The maximum atomic E-state index is 11.4. The average Bonchev–Trinajstić information content (AvgIpc) is 3.08. The molecule has 0 saturated heterocycles. The minimum Gasteiger partial charge on any atom is -0.393 e. The van der Waals surface area contributed by atoms with Crippen LogP contribution < -0.4 is 5.32 Å². The van der Waals surface area contributed by atoms with Crippen molar-refractivity contribution in [2.45, 2.75) is 70.5 Å². The van der Waals surface area contributed by atoms with E-state index in [2.05, 4.69) is 35.7 Å². The van der Waals surface area contributed by atoms with Crippen LogP contribution in [0, 0.1) is 11.8 Å². The maximum absolute atomic E-state index is 11.4.